The van der Waals surface area contributed by atoms with Crippen molar-refractivity contribution in [2.45, 2.75) is 161 Å². The molecule has 0 aromatic rings. The van der Waals surface area contributed by atoms with E-state index in [1.165, 1.54) is 25.7 Å². The predicted octanol–water partition coefficient (Wildman–Crippen LogP) is 12.1. The Balaban J connectivity index is 4.01. The minimum absolute atomic E-state index is 0.179. The number of allylic oxidation sites excluding steroid dienone is 14. The Labute approximate surface area is 316 Å². The second kappa shape index (κ2) is 38.0. The summed E-state index contributed by atoms with van der Waals surface area (Å²) in [6.45, 7) is 3.47. The minimum atomic E-state index is -4.77. The van der Waals surface area contributed by atoms with Gasteiger partial charge in [0.25, 0.3) is 0 Å². The number of carbonyl (C=O) groups is 2. The highest BCUT2D eigenvalue weighted by atomic mass is 31.2. The minimum Gasteiger partial charge on any atom is -0.462 e. The first-order valence-corrected chi connectivity index (χ1v) is 21.4. The van der Waals surface area contributed by atoms with Gasteiger partial charge < -0.3 is 19.3 Å². The third-order valence-electron chi connectivity index (χ3n) is 7.96. The molecule has 1 atom stereocenters. The van der Waals surface area contributed by atoms with E-state index in [1.54, 1.807) is 0 Å². The third-order valence-corrected chi connectivity index (χ3v) is 8.44. The van der Waals surface area contributed by atoms with Crippen LogP contribution in [0.25, 0.3) is 0 Å². The predicted molar refractivity (Wildman–Crippen MR) is 216 cm³/mol. The molecule has 8 nitrogen and oxygen atoms in total. The molecule has 0 amide bonds. The average Bonchev–Trinajstić information content (AvgIpc) is 3.11. The topological polar surface area (TPSA) is 119 Å². The number of rotatable bonds is 35. The molecule has 0 bridgehead atoms. The summed E-state index contributed by atoms with van der Waals surface area (Å²) in [5.74, 6) is -0.939. The molecule has 9 heteroatoms. The Kier molecular flexibility index (Phi) is 35.9. The molecular formula is C43H71O8P. The van der Waals surface area contributed by atoms with Crippen molar-refractivity contribution in [3.05, 3.63) is 85.1 Å². The van der Waals surface area contributed by atoms with E-state index in [0.29, 0.717) is 12.8 Å². The first kappa shape index (κ1) is 49.2. The highest BCUT2D eigenvalue weighted by molar-refractivity contribution is 7.46. The van der Waals surface area contributed by atoms with Gasteiger partial charge in [0.2, 0.25) is 0 Å². The molecular weight excluding hydrogens is 675 g/mol. The van der Waals surface area contributed by atoms with Crippen molar-refractivity contribution in [2.24, 2.45) is 0 Å². The van der Waals surface area contributed by atoms with Gasteiger partial charge in [-0.05, 0) is 77.0 Å². The smallest absolute Gasteiger partial charge is 0.462 e. The molecule has 0 fully saturated rings. The van der Waals surface area contributed by atoms with Crippen LogP contribution in [0.1, 0.15) is 155 Å². The van der Waals surface area contributed by atoms with E-state index in [9.17, 15) is 14.2 Å². The molecule has 0 saturated heterocycles. The summed E-state index contributed by atoms with van der Waals surface area (Å²) in [6, 6.07) is 0. The Morgan fingerprint density at radius 3 is 1.54 bits per heavy atom. The molecule has 0 aromatic carbocycles. The highest BCUT2D eigenvalue weighted by Crippen LogP contribution is 2.36. The summed E-state index contributed by atoms with van der Waals surface area (Å²) in [6.07, 6.45) is 50.2. The molecule has 0 rings (SSSR count). The van der Waals surface area contributed by atoms with Crippen LogP contribution in [0.15, 0.2) is 85.1 Å². The number of ether oxygens (including phenoxy) is 2. The number of carbonyl (C=O) groups excluding carboxylic acids is 2. The van der Waals surface area contributed by atoms with E-state index >= 15 is 0 Å². The number of unbranched alkanes of at least 4 members (excludes halogenated alkanes) is 13. The summed E-state index contributed by atoms with van der Waals surface area (Å²) in [7, 11) is -4.77. The zero-order valence-corrected chi connectivity index (χ0v) is 33.3. The van der Waals surface area contributed by atoms with Crippen molar-refractivity contribution < 1.29 is 37.9 Å². The Morgan fingerprint density at radius 2 is 1.00 bits per heavy atom. The number of phosphoric acid groups is 1. The fraction of sp³-hybridized carbons (Fsp3) is 0.628. The van der Waals surface area contributed by atoms with Crippen molar-refractivity contribution in [3.63, 3.8) is 0 Å². The van der Waals surface area contributed by atoms with Crippen LogP contribution in [0.2, 0.25) is 0 Å². The van der Waals surface area contributed by atoms with Crippen molar-refractivity contribution in [1.82, 2.24) is 0 Å². The van der Waals surface area contributed by atoms with Crippen LogP contribution in [0, 0.1) is 0 Å². The van der Waals surface area contributed by atoms with E-state index < -0.39 is 32.5 Å². The van der Waals surface area contributed by atoms with Gasteiger partial charge in [0.05, 0.1) is 6.61 Å². The van der Waals surface area contributed by atoms with Gasteiger partial charge in [-0.2, -0.15) is 0 Å². The summed E-state index contributed by atoms with van der Waals surface area (Å²) in [5, 5.41) is 0. The number of phosphoric ester groups is 1. The summed E-state index contributed by atoms with van der Waals surface area (Å²) < 4.78 is 26.3. The number of hydrogen-bond donors (Lipinski definition) is 2. The lowest BCUT2D eigenvalue weighted by Crippen LogP contribution is -2.29. The van der Waals surface area contributed by atoms with Crippen LogP contribution in [0.5, 0.6) is 0 Å². The molecule has 0 saturated carbocycles. The van der Waals surface area contributed by atoms with Crippen LogP contribution < -0.4 is 0 Å². The molecule has 0 aromatic heterocycles. The molecule has 296 valence electrons. The van der Waals surface area contributed by atoms with E-state index in [1.807, 2.05) is 18.2 Å². The quantitative estimate of drug-likeness (QED) is 0.0216. The molecule has 0 spiro atoms. The highest BCUT2D eigenvalue weighted by Gasteiger charge is 2.22. The second-order valence-electron chi connectivity index (χ2n) is 12.9. The van der Waals surface area contributed by atoms with Gasteiger partial charge in [0.1, 0.15) is 6.61 Å². The Hall–Kier alpha value is -2.77. The molecule has 1 unspecified atom stereocenters. The van der Waals surface area contributed by atoms with Gasteiger partial charge in [-0.25, -0.2) is 4.57 Å². The monoisotopic (exact) mass is 746 g/mol. The summed E-state index contributed by atoms with van der Waals surface area (Å²) in [5.41, 5.74) is 0. The van der Waals surface area contributed by atoms with Gasteiger partial charge in [0.15, 0.2) is 6.10 Å². The molecule has 0 aliphatic carbocycles. The van der Waals surface area contributed by atoms with Crippen LogP contribution in [0.4, 0.5) is 0 Å². The fourth-order valence-electron chi connectivity index (χ4n) is 5.00. The third kappa shape index (κ3) is 40.0. The average molecular weight is 747 g/mol. The zero-order chi connectivity index (χ0) is 38.2. The maximum atomic E-state index is 12.4. The van der Waals surface area contributed by atoms with Crippen molar-refractivity contribution in [3.8, 4) is 0 Å². The Bertz CT molecular complexity index is 1110. The van der Waals surface area contributed by atoms with E-state index in [0.717, 1.165) is 89.9 Å². The van der Waals surface area contributed by atoms with Crippen molar-refractivity contribution in [2.75, 3.05) is 13.2 Å². The number of esters is 2. The first-order valence-electron chi connectivity index (χ1n) is 19.9. The lowest BCUT2D eigenvalue weighted by atomic mass is 10.1. The van der Waals surface area contributed by atoms with Crippen molar-refractivity contribution in [1.29, 1.82) is 0 Å². The molecule has 0 aliphatic rings. The molecule has 0 heterocycles. The lowest BCUT2D eigenvalue weighted by molar-refractivity contribution is -0.161. The van der Waals surface area contributed by atoms with Gasteiger partial charge in [-0.3, -0.25) is 14.1 Å². The first-order chi connectivity index (χ1) is 25.3. The van der Waals surface area contributed by atoms with Crippen molar-refractivity contribution >= 4 is 19.8 Å². The molecule has 0 aliphatic heterocycles. The van der Waals surface area contributed by atoms with Crippen LogP contribution in [0.3, 0.4) is 0 Å². The maximum Gasteiger partial charge on any atom is 0.469 e. The normalized spacial score (nSPS) is 13.4. The number of hydrogen-bond acceptors (Lipinski definition) is 6. The van der Waals surface area contributed by atoms with Crippen LogP contribution >= 0.6 is 7.82 Å². The fourth-order valence-corrected chi connectivity index (χ4v) is 5.36. The maximum absolute atomic E-state index is 12.4. The van der Waals surface area contributed by atoms with Gasteiger partial charge in [-0.15, -0.1) is 0 Å². The molecule has 2 N–H and O–H groups in total. The second-order valence-corrected chi connectivity index (χ2v) is 14.2. The molecule has 0 radical (unpaired) electrons. The summed E-state index contributed by atoms with van der Waals surface area (Å²) in [4.78, 5) is 42.8. The van der Waals surface area contributed by atoms with Gasteiger partial charge >= 0.3 is 19.8 Å². The van der Waals surface area contributed by atoms with E-state index in [4.69, 9.17) is 19.3 Å². The van der Waals surface area contributed by atoms with Gasteiger partial charge in [0, 0.05) is 12.8 Å². The van der Waals surface area contributed by atoms with Crippen LogP contribution in [-0.4, -0.2) is 41.0 Å². The molecule has 52 heavy (non-hydrogen) atoms. The summed E-state index contributed by atoms with van der Waals surface area (Å²) >= 11 is 0. The Morgan fingerprint density at radius 1 is 0.538 bits per heavy atom. The largest absolute Gasteiger partial charge is 0.469 e. The van der Waals surface area contributed by atoms with E-state index in [2.05, 4.69) is 85.2 Å². The van der Waals surface area contributed by atoms with Crippen LogP contribution in [-0.2, 0) is 28.2 Å². The lowest BCUT2D eigenvalue weighted by Gasteiger charge is -2.18. The van der Waals surface area contributed by atoms with Gasteiger partial charge in [-0.1, -0.05) is 150 Å². The SMILES string of the molecule is CC/C=C/C=C/C=C/CCCCCCCC(=O)OC(COC(=O)CCCCCCC/C=C/C/C=C/C/C=C/C/C=C/CCCCC)COP(=O)(O)O. The standard InChI is InChI=1S/C43H71O8P/c1-3-5-7-9-11-13-15-17-18-19-20-21-22-23-24-26-27-29-31-33-35-37-42(44)49-39-41(40-50-52(46,47)48)51-43(45)38-36-34-32-30-28-25-16-14-12-10-8-6-4-2/h6,8,10-14,16-18,20-21,23-24,41H,3-5,7,9,15,19,22,25-40H2,1-2H3,(H2,46,47,48)/b8-6+,12-10+,13-11+,16-14+,18-17+,21-20+,24-23+. The zero-order valence-electron chi connectivity index (χ0n) is 32.4. The van der Waals surface area contributed by atoms with E-state index in [-0.39, 0.29) is 19.4 Å².